The van der Waals surface area contributed by atoms with Gasteiger partial charge in [-0.05, 0) is 12.8 Å². The Kier molecular flexibility index (Phi) is 4.35. The highest BCUT2D eigenvalue weighted by atomic mass is 16.3. The Balaban J connectivity index is 2.49. The maximum atomic E-state index is 11.8. The zero-order valence-corrected chi connectivity index (χ0v) is 8.78. The van der Waals surface area contributed by atoms with Crippen molar-refractivity contribution in [1.29, 1.82) is 0 Å². The molecule has 1 saturated carbocycles. The highest BCUT2D eigenvalue weighted by molar-refractivity contribution is 5.79. The molecule has 0 radical (unpaired) electrons. The van der Waals surface area contributed by atoms with Crippen LogP contribution in [0, 0.1) is 5.92 Å². The summed E-state index contributed by atoms with van der Waals surface area (Å²) in [6, 6.07) is 0.0115. The van der Waals surface area contributed by atoms with Gasteiger partial charge in [0.05, 0.1) is 12.5 Å². The molecule has 0 bridgehead atoms. The van der Waals surface area contributed by atoms with E-state index in [0.29, 0.717) is 6.54 Å². The number of aliphatic hydroxyl groups is 1. The van der Waals surface area contributed by atoms with Gasteiger partial charge in [0.25, 0.3) is 0 Å². The average Bonchev–Trinajstić information content (AvgIpc) is 2.18. The third-order valence-corrected chi connectivity index (χ3v) is 2.95. The van der Waals surface area contributed by atoms with Crippen LogP contribution in [0.1, 0.15) is 25.7 Å². The molecule has 1 rings (SSSR count). The monoisotopic (exact) mass is 200 g/mol. The van der Waals surface area contributed by atoms with Crippen LogP contribution in [-0.2, 0) is 4.79 Å². The highest BCUT2D eigenvalue weighted by Crippen LogP contribution is 2.24. The van der Waals surface area contributed by atoms with Crippen molar-refractivity contribution >= 4 is 5.91 Å². The van der Waals surface area contributed by atoms with Gasteiger partial charge in [-0.3, -0.25) is 4.79 Å². The third kappa shape index (κ3) is 2.69. The van der Waals surface area contributed by atoms with Crippen LogP contribution in [0.15, 0.2) is 0 Å². The fourth-order valence-electron chi connectivity index (χ4n) is 2.01. The van der Waals surface area contributed by atoms with E-state index in [0.717, 1.165) is 25.7 Å². The van der Waals surface area contributed by atoms with Gasteiger partial charge in [-0.2, -0.15) is 0 Å². The van der Waals surface area contributed by atoms with E-state index in [1.807, 2.05) is 0 Å². The van der Waals surface area contributed by atoms with E-state index in [9.17, 15) is 4.79 Å². The van der Waals surface area contributed by atoms with Gasteiger partial charge in [-0.25, -0.2) is 0 Å². The van der Waals surface area contributed by atoms with Crippen LogP contribution in [0.3, 0.4) is 0 Å². The lowest BCUT2D eigenvalue weighted by atomic mass is 9.84. The van der Waals surface area contributed by atoms with E-state index in [2.05, 4.69) is 0 Å². The van der Waals surface area contributed by atoms with Crippen molar-refractivity contribution in [2.75, 3.05) is 20.2 Å². The maximum absolute atomic E-state index is 11.8. The minimum absolute atomic E-state index is 0.0115. The van der Waals surface area contributed by atoms with E-state index >= 15 is 0 Å². The molecule has 1 fully saturated rings. The highest BCUT2D eigenvalue weighted by Gasteiger charge is 2.29. The molecular formula is C10H20N2O2. The molecule has 4 heteroatoms. The molecule has 0 heterocycles. The lowest BCUT2D eigenvalue weighted by Crippen LogP contribution is -2.45. The Morgan fingerprint density at radius 3 is 2.71 bits per heavy atom. The van der Waals surface area contributed by atoms with Crippen LogP contribution < -0.4 is 5.73 Å². The summed E-state index contributed by atoms with van der Waals surface area (Å²) in [6.07, 6.45) is 4.07. The van der Waals surface area contributed by atoms with Gasteiger partial charge in [-0.15, -0.1) is 0 Å². The van der Waals surface area contributed by atoms with Gasteiger partial charge in [0.1, 0.15) is 0 Å². The van der Waals surface area contributed by atoms with Crippen molar-refractivity contribution in [3.63, 3.8) is 0 Å². The standard InChI is InChI=1S/C10H20N2O2/c1-12(6-7-13)10(14)8-4-2-3-5-9(8)11/h8-9,13H,2-7,11H2,1H3. The molecule has 14 heavy (non-hydrogen) atoms. The van der Waals surface area contributed by atoms with Crippen LogP contribution in [0.25, 0.3) is 0 Å². The van der Waals surface area contributed by atoms with Crippen molar-refractivity contribution in [3.8, 4) is 0 Å². The fourth-order valence-corrected chi connectivity index (χ4v) is 2.01. The lowest BCUT2D eigenvalue weighted by molar-refractivity contribution is -0.136. The summed E-state index contributed by atoms with van der Waals surface area (Å²) in [5.74, 6) is 0.0616. The van der Waals surface area contributed by atoms with Gasteiger partial charge < -0.3 is 15.7 Å². The van der Waals surface area contributed by atoms with Crippen LogP contribution in [0.2, 0.25) is 0 Å². The Bertz CT molecular complexity index is 197. The maximum Gasteiger partial charge on any atom is 0.227 e. The summed E-state index contributed by atoms with van der Waals surface area (Å²) in [4.78, 5) is 13.4. The van der Waals surface area contributed by atoms with Crippen molar-refractivity contribution in [2.45, 2.75) is 31.7 Å². The minimum atomic E-state index is -0.0275. The topological polar surface area (TPSA) is 66.6 Å². The largest absolute Gasteiger partial charge is 0.395 e. The summed E-state index contributed by atoms with van der Waals surface area (Å²) in [6.45, 7) is 0.423. The number of carbonyl (C=O) groups excluding carboxylic acids is 1. The molecule has 0 aromatic rings. The molecule has 3 N–H and O–H groups in total. The predicted molar refractivity (Wildman–Crippen MR) is 54.7 cm³/mol. The molecule has 82 valence electrons. The Morgan fingerprint density at radius 2 is 2.14 bits per heavy atom. The summed E-state index contributed by atoms with van der Waals surface area (Å²) in [7, 11) is 1.72. The van der Waals surface area contributed by atoms with E-state index < -0.39 is 0 Å². The van der Waals surface area contributed by atoms with Crippen molar-refractivity contribution in [2.24, 2.45) is 11.7 Å². The molecular weight excluding hydrogens is 180 g/mol. The molecule has 0 saturated heterocycles. The zero-order chi connectivity index (χ0) is 10.6. The van der Waals surface area contributed by atoms with Gasteiger partial charge in [-0.1, -0.05) is 12.8 Å². The third-order valence-electron chi connectivity index (χ3n) is 2.95. The number of carbonyl (C=O) groups is 1. The lowest BCUT2D eigenvalue weighted by Gasteiger charge is -2.30. The van der Waals surface area contributed by atoms with E-state index in [-0.39, 0.29) is 24.5 Å². The van der Waals surface area contributed by atoms with Gasteiger partial charge in [0.15, 0.2) is 0 Å². The zero-order valence-electron chi connectivity index (χ0n) is 8.78. The van der Waals surface area contributed by atoms with Crippen LogP contribution in [0.4, 0.5) is 0 Å². The molecule has 1 aliphatic carbocycles. The molecule has 0 aliphatic heterocycles. The molecule has 1 amide bonds. The Labute approximate surface area is 85.1 Å². The van der Waals surface area contributed by atoms with Crippen molar-refractivity contribution < 1.29 is 9.90 Å². The van der Waals surface area contributed by atoms with E-state index in [1.165, 1.54) is 0 Å². The number of aliphatic hydroxyl groups excluding tert-OH is 1. The fraction of sp³-hybridized carbons (Fsp3) is 0.900. The smallest absolute Gasteiger partial charge is 0.227 e. The quantitative estimate of drug-likeness (QED) is 0.671. The molecule has 1 aliphatic rings. The van der Waals surface area contributed by atoms with Crippen LogP contribution in [-0.4, -0.2) is 42.2 Å². The van der Waals surface area contributed by atoms with Crippen LogP contribution >= 0.6 is 0 Å². The first-order valence-corrected chi connectivity index (χ1v) is 5.28. The summed E-state index contributed by atoms with van der Waals surface area (Å²) < 4.78 is 0. The number of likely N-dealkylation sites (N-methyl/N-ethyl adjacent to an activating group) is 1. The summed E-state index contributed by atoms with van der Waals surface area (Å²) in [5, 5.41) is 8.72. The number of hydrogen-bond donors (Lipinski definition) is 2. The van der Waals surface area contributed by atoms with Crippen molar-refractivity contribution in [1.82, 2.24) is 4.90 Å². The van der Waals surface area contributed by atoms with E-state index in [4.69, 9.17) is 10.8 Å². The number of nitrogens with two attached hydrogens (primary N) is 1. The molecule has 2 unspecified atom stereocenters. The number of nitrogens with zero attached hydrogens (tertiary/aromatic N) is 1. The molecule has 0 aromatic carbocycles. The first kappa shape index (κ1) is 11.5. The first-order chi connectivity index (χ1) is 6.66. The SMILES string of the molecule is CN(CCO)C(=O)C1CCCCC1N. The normalized spacial score (nSPS) is 27.4. The number of hydrogen-bond acceptors (Lipinski definition) is 3. The van der Waals surface area contributed by atoms with Gasteiger partial charge in [0, 0.05) is 19.6 Å². The molecule has 4 nitrogen and oxygen atoms in total. The second-order valence-corrected chi connectivity index (χ2v) is 4.04. The summed E-state index contributed by atoms with van der Waals surface area (Å²) >= 11 is 0. The predicted octanol–water partition coefficient (Wildman–Crippen LogP) is -0.0454. The molecule has 2 atom stereocenters. The van der Waals surface area contributed by atoms with Crippen LogP contribution in [0.5, 0.6) is 0 Å². The minimum Gasteiger partial charge on any atom is -0.395 e. The summed E-state index contributed by atoms with van der Waals surface area (Å²) in [5.41, 5.74) is 5.90. The van der Waals surface area contributed by atoms with Gasteiger partial charge in [0.2, 0.25) is 5.91 Å². The Morgan fingerprint density at radius 1 is 1.50 bits per heavy atom. The Hall–Kier alpha value is -0.610. The molecule has 0 aromatic heterocycles. The second-order valence-electron chi connectivity index (χ2n) is 4.04. The van der Waals surface area contributed by atoms with E-state index in [1.54, 1.807) is 11.9 Å². The van der Waals surface area contributed by atoms with Gasteiger partial charge >= 0.3 is 0 Å². The van der Waals surface area contributed by atoms with Crippen molar-refractivity contribution in [3.05, 3.63) is 0 Å². The average molecular weight is 200 g/mol. The number of rotatable bonds is 3. The molecule has 0 spiro atoms. The number of amides is 1. The first-order valence-electron chi connectivity index (χ1n) is 5.28. The second kappa shape index (κ2) is 5.32.